The van der Waals surface area contributed by atoms with Crippen LogP contribution in [-0.2, 0) is 17.6 Å². The van der Waals surface area contributed by atoms with E-state index in [2.05, 4.69) is 29.0 Å². The first kappa shape index (κ1) is 13.6. The molecular formula is C17H20O2. The molecule has 2 nitrogen and oxygen atoms in total. The van der Waals surface area contributed by atoms with E-state index in [4.69, 9.17) is 0 Å². The Morgan fingerprint density at radius 1 is 0.842 bits per heavy atom. The highest BCUT2D eigenvalue weighted by atomic mass is 16.6. The van der Waals surface area contributed by atoms with Crippen molar-refractivity contribution in [2.75, 3.05) is 13.2 Å². The molecule has 0 aromatic heterocycles. The van der Waals surface area contributed by atoms with Crippen LogP contribution >= 0.6 is 0 Å². The second kappa shape index (κ2) is 7.59. The number of para-hydroxylation sites is 1. The Morgan fingerprint density at radius 2 is 1.47 bits per heavy atom. The molecule has 1 saturated heterocycles. The topological polar surface area (TPSA) is 32.8 Å². The number of phenols is 1. The van der Waals surface area contributed by atoms with Crippen LogP contribution in [0.4, 0.5) is 0 Å². The zero-order valence-electron chi connectivity index (χ0n) is 11.1. The summed E-state index contributed by atoms with van der Waals surface area (Å²) in [6, 6.07) is 18.0. The minimum absolute atomic E-state index is 0.413. The smallest absolute Gasteiger partial charge is 0.118 e. The Hall–Kier alpha value is -1.80. The van der Waals surface area contributed by atoms with E-state index < -0.39 is 0 Å². The number of ether oxygens (including phenoxy) is 1. The summed E-state index contributed by atoms with van der Waals surface area (Å²) in [7, 11) is 0. The van der Waals surface area contributed by atoms with Gasteiger partial charge in [0, 0.05) is 0 Å². The summed E-state index contributed by atoms with van der Waals surface area (Å²) in [4.78, 5) is 0. The van der Waals surface area contributed by atoms with E-state index in [1.807, 2.05) is 24.3 Å². The van der Waals surface area contributed by atoms with Crippen LogP contribution in [-0.4, -0.2) is 18.3 Å². The van der Waals surface area contributed by atoms with Crippen LogP contribution in [0.25, 0.3) is 0 Å². The average Bonchev–Trinajstić information content (AvgIpc) is 3.31. The van der Waals surface area contributed by atoms with Gasteiger partial charge in [-0.15, -0.1) is 0 Å². The number of phenolic OH excluding ortho intramolecular Hbond substituents is 1. The van der Waals surface area contributed by atoms with Gasteiger partial charge in [0.15, 0.2) is 0 Å². The molecule has 0 radical (unpaired) electrons. The molecular weight excluding hydrogens is 236 g/mol. The molecule has 1 aliphatic rings. The molecule has 1 N–H and O–H groups in total. The zero-order chi connectivity index (χ0) is 13.3. The molecule has 0 amide bonds. The SMILES string of the molecule is C1CO1.Oc1ccccc1CCCc1ccccc1. The van der Waals surface area contributed by atoms with Gasteiger partial charge in [0.2, 0.25) is 0 Å². The largest absolute Gasteiger partial charge is 0.508 e. The summed E-state index contributed by atoms with van der Waals surface area (Å²) in [5.41, 5.74) is 2.40. The lowest BCUT2D eigenvalue weighted by Crippen LogP contribution is -1.90. The molecule has 0 atom stereocenters. The van der Waals surface area contributed by atoms with Crippen LogP contribution in [0.5, 0.6) is 5.75 Å². The van der Waals surface area contributed by atoms with E-state index in [9.17, 15) is 5.11 Å². The molecule has 1 heterocycles. The van der Waals surface area contributed by atoms with Gasteiger partial charge in [0.05, 0.1) is 13.2 Å². The number of rotatable bonds is 4. The Morgan fingerprint density at radius 3 is 2.11 bits per heavy atom. The minimum Gasteiger partial charge on any atom is -0.508 e. The van der Waals surface area contributed by atoms with Crippen LogP contribution < -0.4 is 0 Å². The maximum absolute atomic E-state index is 9.61. The van der Waals surface area contributed by atoms with Crippen LogP contribution in [0.2, 0.25) is 0 Å². The maximum Gasteiger partial charge on any atom is 0.118 e. The standard InChI is InChI=1S/C15H16O.C2H4O/c16-15-12-5-4-10-14(15)11-6-9-13-7-2-1-3-8-13;1-2-3-1/h1-5,7-8,10,12,16H,6,9,11H2;1-2H2. The van der Waals surface area contributed by atoms with Crippen molar-refractivity contribution >= 4 is 0 Å². The van der Waals surface area contributed by atoms with Gasteiger partial charge in [-0.05, 0) is 36.5 Å². The molecule has 3 rings (SSSR count). The van der Waals surface area contributed by atoms with Crippen molar-refractivity contribution in [1.82, 2.24) is 0 Å². The monoisotopic (exact) mass is 256 g/mol. The van der Waals surface area contributed by atoms with Crippen molar-refractivity contribution < 1.29 is 9.84 Å². The molecule has 0 bridgehead atoms. The summed E-state index contributed by atoms with van der Waals surface area (Å²) < 4.78 is 4.50. The number of aromatic hydroxyl groups is 1. The fraction of sp³-hybridized carbons (Fsp3) is 0.294. The van der Waals surface area contributed by atoms with Crippen molar-refractivity contribution in [2.24, 2.45) is 0 Å². The van der Waals surface area contributed by atoms with E-state index in [0.29, 0.717) is 5.75 Å². The second-order valence-corrected chi connectivity index (χ2v) is 4.58. The molecule has 0 spiro atoms. The van der Waals surface area contributed by atoms with Crippen molar-refractivity contribution in [2.45, 2.75) is 19.3 Å². The van der Waals surface area contributed by atoms with E-state index in [0.717, 1.165) is 38.0 Å². The lowest BCUT2D eigenvalue weighted by molar-refractivity contribution is 0.467. The first-order valence-corrected chi connectivity index (χ1v) is 6.75. The van der Waals surface area contributed by atoms with Gasteiger partial charge in [-0.1, -0.05) is 48.5 Å². The lowest BCUT2D eigenvalue weighted by atomic mass is 10.0. The van der Waals surface area contributed by atoms with Crippen LogP contribution in [0, 0.1) is 0 Å². The van der Waals surface area contributed by atoms with Crippen molar-refractivity contribution in [3.63, 3.8) is 0 Å². The molecule has 100 valence electrons. The number of hydrogen-bond acceptors (Lipinski definition) is 2. The predicted molar refractivity (Wildman–Crippen MR) is 77.4 cm³/mol. The Kier molecular flexibility index (Phi) is 5.45. The number of epoxide rings is 1. The number of hydrogen-bond donors (Lipinski definition) is 1. The molecule has 0 aliphatic carbocycles. The summed E-state index contributed by atoms with van der Waals surface area (Å²) in [5.74, 6) is 0.413. The van der Waals surface area contributed by atoms with E-state index in [1.54, 1.807) is 6.07 Å². The molecule has 0 saturated carbocycles. The molecule has 2 aromatic carbocycles. The summed E-state index contributed by atoms with van der Waals surface area (Å²) in [5, 5.41) is 9.61. The van der Waals surface area contributed by atoms with Crippen LogP contribution in [0.1, 0.15) is 17.5 Å². The van der Waals surface area contributed by atoms with Gasteiger partial charge < -0.3 is 9.84 Å². The highest BCUT2D eigenvalue weighted by molar-refractivity contribution is 5.31. The Labute approximate surface area is 114 Å². The van der Waals surface area contributed by atoms with E-state index >= 15 is 0 Å². The molecule has 2 heteroatoms. The van der Waals surface area contributed by atoms with Gasteiger partial charge in [-0.25, -0.2) is 0 Å². The fourth-order valence-electron chi connectivity index (χ4n) is 1.85. The van der Waals surface area contributed by atoms with Crippen molar-refractivity contribution in [3.05, 3.63) is 65.7 Å². The normalized spacial score (nSPS) is 12.4. The van der Waals surface area contributed by atoms with Gasteiger partial charge in [0.1, 0.15) is 5.75 Å². The molecule has 2 aromatic rings. The third-order valence-electron chi connectivity index (χ3n) is 2.95. The minimum atomic E-state index is 0.413. The van der Waals surface area contributed by atoms with Crippen molar-refractivity contribution in [1.29, 1.82) is 0 Å². The third-order valence-corrected chi connectivity index (χ3v) is 2.95. The van der Waals surface area contributed by atoms with Gasteiger partial charge in [0.25, 0.3) is 0 Å². The number of aryl methyl sites for hydroxylation is 2. The molecule has 19 heavy (non-hydrogen) atoms. The summed E-state index contributed by atoms with van der Waals surface area (Å²) >= 11 is 0. The Bertz CT molecular complexity index is 475. The van der Waals surface area contributed by atoms with Gasteiger partial charge >= 0.3 is 0 Å². The van der Waals surface area contributed by atoms with Crippen molar-refractivity contribution in [3.8, 4) is 5.75 Å². The molecule has 1 fully saturated rings. The summed E-state index contributed by atoms with van der Waals surface area (Å²) in [6.45, 7) is 2.00. The quantitative estimate of drug-likeness (QED) is 0.848. The second-order valence-electron chi connectivity index (χ2n) is 4.58. The van der Waals surface area contributed by atoms with Crippen LogP contribution in [0.3, 0.4) is 0 Å². The summed E-state index contributed by atoms with van der Waals surface area (Å²) in [6.07, 6.45) is 3.07. The highest BCUT2D eigenvalue weighted by Crippen LogP contribution is 2.18. The first-order valence-electron chi connectivity index (χ1n) is 6.75. The molecule has 1 aliphatic heterocycles. The fourth-order valence-corrected chi connectivity index (χ4v) is 1.85. The zero-order valence-corrected chi connectivity index (χ0v) is 11.1. The number of benzene rings is 2. The van der Waals surface area contributed by atoms with Crippen LogP contribution in [0.15, 0.2) is 54.6 Å². The lowest BCUT2D eigenvalue weighted by Gasteiger charge is -2.04. The van der Waals surface area contributed by atoms with Gasteiger partial charge in [-0.2, -0.15) is 0 Å². The van der Waals surface area contributed by atoms with E-state index in [-0.39, 0.29) is 0 Å². The highest BCUT2D eigenvalue weighted by Gasteiger charge is 1.99. The van der Waals surface area contributed by atoms with Gasteiger partial charge in [-0.3, -0.25) is 0 Å². The third kappa shape index (κ3) is 5.58. The van der Waals surface area contributed by atoms with E-state index in [1.165, 1.54) is 5.56 Å². The molecule has 0 unspecified atom stereocenters. The maximum atomic E-state index is 9.61. The first-order chi connectivity index (χ1) is 9.36. The average molecular weight is 256 g/mol. The predicted octanol–water partition coefficient (Wildman–Crippen LogP) is 3.58. The Balaban J connectivity index is 0.000000390.